The van der Waals surface area contributed by atoms with Crippen molar-refractivity contribution >= 4 is 16.1 Å². The van der Waals surface area contributed by atoms with E-state index in [4.69, 9.17) is 8.92 Å². The van der Waals surface area contributed by atoms with Crippen LogP contribution in [-0.4, -0.2) is 40.5 Å². The smallest absolute Gasteiger partial charge is 0.305 e. The zero-order valence-electron chi connectivity index (χ0n) is 14.7. The van der Waals surface area contributed by atoms with E-state index in [1.807, 2.05) is 25.1 Å². The molecule has 7 heteroatoms. The molecule has 1 unspecified atom stereocenters. The number of aryl methyl sites for hydroxylation is 2. The van der Waals surface area contributed by atoms with Crippen LogP contribution in [0.2, 0.25) is 0 Å². The zero-order valence-corrected chi connectivity index (χ0v) is 15.5. The Morgan fingerprint density at radius 1 is 1.29 bits per heavy atom. The highest BCUT2D eigenvalue weighted by Gasteiger charge is 2.10. The van der Waals surface area contributed by atoms with Gasteiger partial charge >= 0.3 is 5.97 Å². The molecule has 6 nitrogen and oxygen atoms in total. The summed E-state index contributed by atoms with van der Waals surface area (Å²) in [7, 11) is -2.03. The molecule has 0 saturated carbocycles. The molecule has 0 amide bonds. The second kappa shape index (κ2) is 9.64. The fourth-order valence-corrected chi connectivity index (χ4v) is 2.98. The lowest BCUT2D eigenvalue weighted by molar-refractivity contribution is -0.140. The number of carbonyl (C=O) groups excluding carboxylic acids is 1. The number of carbonyl (C=O) groups is 1. The van der Waals surface area contributed by atoms with Gasteiger partial charge in [-0.15, -0.1) is 0 Å². The molecule has 0 aromatic heterocycles. The van der Waals surface area contributed by atoms with Crippen LogP contribution in [0.15, 0.2) is 18.2 Å². The van der Waals surface area contributed by atoms with E-state index in [-0.39, 0.29) is 12.1 Å². The first-order chi connectivity index (χ1) is 11.2. The summed E-state index contributed by atoms with van der Waals surface area (Å²) in [6.07, 6.45) is 2.98. The van der Waals surface area contributed by atoms with Gasteiger partial charge in [0.05, 0.1) is 26.1 Å². The molecule has 0 N–H and O–H groups in total. The van der Waals surface area contributed by atoms with E-state index in [2.05, 4.69) is 4.74 Å². The second-order valence-electron chi connectivity index (χ2n) is 5.77. The normalized spacial score (nSPS) is 12.7. The molecular formula is C17H26O6S. The summed E-state index contributed by atoms with van der Waals surface area (Å²) >= 11 is 0. The molecule has 0 spiro atoms. The zero-order chi connectivity index (χ0) is 18.2. The van der Waals surface area contributed by atoms with Gasteiger partial charge < -0.3 is 9.47 Å². The van der Waals surface area contributed by atoms with Crippen molar-refractivity contribution in [1.29, 1.82) is 0 Å². The minimum absolute atomic E-state index is 0.222. The summed E-state index contributed by atoms with van der Waals surface area (Å²) in [6, 6.07) is 5.75. The third-order valence-electron chi connectivity index (χ3n) is 3.50. The summed E-state index contributed by atoms with van der Waals surface area (Å²) in [6.45, 7) is 4.18. The fourth-order valence-electron chi connectivity index (χ4n) is 2.28. The molecule has 0 aliphatic carbocycles. The maximum atomic E-state index is 11.2. The first kappa shape index (κ1) is 20.4. The Bertz CT molecular complexity index is 638. The Balaban J connectivity index is 2.38. The summed E-state index contributed by atoms with van der Waals surface area (Å²) < 4.78 is 37.2. The van der Waals surface area contributed by atoms with Crippen molar-refractivity contribution < 1.29 is 26.9 Å². The van der Waals surface area contributed by atoms with Crippen LogP contribution in [-0.2, 0) is 30.3 Å². The van der Waals surface area contributed by atoms with Crippen LogP contribution in [0.1, 0.15) is 37.3 Å². The van der Waals surface area contributed by atoms with Gasteiger partial charge in [-0.05, 0) is 56.4 Å². The van der Waals surface area contributed by atoms with Gasteiger partial charge in [-0.2, -0.15) is 8.42 Å². The van der Waals surface area contributed by atoms with E-state index >= 15 is 0 Å². The standard InChI is InChI=1S/C17H26O6S/c1-13-12-16(9-7-15(13)8-10-17(18)21-3)22-11-5-6-14(2)23-24(4,19)20/h7,9,12,14H,5-6,8,10-11H2,1-4H3. The molecule has 0 bridgehead atoms. The van der Waals surface area contributed by atoms with E-state index in [1.54, 1.807) is 6.92 Å². The molecule has 1 aromatic carbocycles. The number of hydrogen-bond acceptors (Lipinski definition) is 6. The molecule has 1 atom stereocenters. The molecule has 0 fully saturated rings. The van der Waals surface area contributed by atoms with Gasteiger partial charge in [0.1, 0.15) is 5.75 Å². The molecular weight excluding hydrogens is 332 g/mol. The van der Waals surface area contributed by atoms with E-state index in [0.717, 1.165) is 23.1 Å². The first-order valence-corrected chi connectivity index (χ1v) is 9.70. The van der Waals surface area contributed by atoms with Gasteiger partial charge in [-0.1, -0.05) is 6.07 Å². The van der Waals surface area contributed by atoms with Crippen LogP contribution < -0.4 is 4.74 Å². The van der Waals surface area contributed by atoms with Gasteiger partial charge in [-0.25, -0.2) is 0 Å². The Morgan fingerprint density at radius 2 is 2.00 bits per heavy atom. The number of methoxy groups -OCH3 is 1. The minimum Gasteiger partial charge on any atom is -0.494 e. The van der Waals surface area contributed by atoms with Gasteiger partial charge in [0.2, 0.25) is 0 Å². The van der Waals surface area contributed by atoms with E-state index in [9.17, 15) is 13.2 Å². The predicted molar refractivity (Wildman–Crippen MR) is 91.6 cm³/mol. The average Bonchev–Trinajstić information content (AvgIpc) is 2.48. The van der Waals surface area contributed by atoms with Crippen molar-refractivity contribution in [2.45, 2.75) is 45.6 Å². The van der Waals surface area contributed by atoms with Gasteiger partial charge in [-0.3, -0.25) is 8.98 Å². The minimum atomic E-state index is -3.41. The number of hydrogen-bond donors (Lipinski definition) is 0. The predicted octanol–water partition coefficient (Wildman–Crippen LogP) is 2.62. The first-order valence-electron chi connectivity index (χ1n) is 7.88. The fraction of sp³-hybridized carbons (Fsp3) is 0.588. The summed E-state index contributed by atoms with van der Waals surface area (Å²) in [5.41, 5.74) is 2.15. The topological polar surface area (TPSA) is 78.9 Å². The van der Waals surface area contributed by atoms with Crippen LogP contribution >= 0.6 is 0 Å². The SMILES string of the molecule is COC(=O)CCc1ccc(OCCCC(C)OS(C)(=O)=O)cc1C. The van der Waals surface area contributed by atoms with Crippen molar-refractivity contribution in [2.24, 2.45) is 0 Å². The molecule has 0 aliphatic rings. The second-order valence-corrected chi connectivity index (χ2v) is 7.37. The van der Waals surface area contributed by atoms with Crippen LogP contribution in [0.5, 0.6) is 5.75 Å². The highest BCUT2D eigenvalue weighted by Crippen LogP contribution is 2.19. The third-order valence-corrected chi connectivity index (χ3v) is 4.18. The monoisotopic (exact) mass is 358 g/mol. The Labute approximate surface area is 144 Å². The Morgan fingerprint density at radius 3 is 2.58 bits per heavy atom. The third kappa shape index (κ3) is 8.31. The van der Waals surface area contributed by atoms with Crippen LogP contribution in [0.3, 0.4) is 0 Å². The van der Waals surface area contributed by atoms with Crippen molar-refractivity contribution in [3.05, 3.63) is 29.3 Å². The van der Waals surface area contributed by atoms with Crippen LogP contribution in [0, 0.1) is 6.92 Å². The van der Waals surface area contributed by atoms with Gasteiger partial charge in [0.15, 0.2) is 0 Å². The highest BCUT2D eigenvalue weighted by molar-refractivity contribution is 7.86. The highest BCUT2D eigenvalue weighted by atomic mass is 32.2. The van der Waals surface area contributed by atoms with E-state index < -0.39 is 10.1 Å². The Hall–Kier alpha value is -1.60. The lowest BCUT2D eigenvalue weighted by Crippen LogP contribution is -2.15. The quantitative estimate of drug-likeness (QED) is 0.363. The number of rotatable bonds is 10. The number of benzene rings is 1. The molecule has 0 heterocycles. The van der Waals surface area contributed by atoms with Crippen molar-refractivity contribution in [3.63, 3.8) is 0 Å². The lowest BCUT2D eigenvalue weighted by atomic mass is 10.0. The molecule has 1 rings (SSSR count). The van der Waals surface area contributed by atoms with Gasteiger partial charge in [0.25, 0.3) is 10.1 Å². The van der Waals surface area contributed by atoms with Crippen molar-refractivity contribution in [3.8, 4) is 5.75 Å². The van der Waals surface area contributed by atoms with E-state index in [0.29, 0.717) is 32.3 Å². The molecule has 0 saturated heterocycles. The van der Waals surface area contributed by atoms with Crippen molar-refractivity contribution in [1.82, 2.24) is 0 Å². The van der Waals surface area contributed by atoms with Crippen molar-refractivity contribution in [2.75, 3.05) is 20.0 Å². The van der Waals surface area contributed by atoms with E-state index in [1.165, 1.54) is 7.11 Å². The largest absolute Gasteiger partial charge is 0.494 e. The summed E-state index contributed by atoms with van der Waals surface area (Å²) in [5, 5.41) is 0. The van der Waals surface area contributed by atoms with Crippen LogP contribution in [0.4, 0.5) is 0 Å². The average molecular weight is 358 g/mol. The van der Waals surface area contributed by atoms with Crippen LogP contribution in [0.25, 0.3) is 0 Å². The maximum absolute atomic E-state index is 11.2. The molecule has 24 heavy (non-hydrogen) atoms. The lowest BCUT2D eigenvalue weighted by Gasteiger charge is -2.12. The molecule has 0 radical (unpaired) electrons. The molecule has 136 valence electrons. The van der Waals surface area contributed by atoms with Gasteiger partial charge in [0, 0.05) is 6.42 Å². The number of esters is 1. The summed E-state index contributed by atoms with van der Waals surface area (Å²) in [5.74, 6) is 0.533. The Kier molecular flexibility index (Phi) is 8.21. The summed E-state index contributed by atoms with van der Waals surface area (Å²) in [4.78, 5) is 11.2. The number of ether oxygens (including phenoxy) is 2. The molecule has 1 aromatic rings. The maximum Gasteiger partial charge on any atom is 0.305 e. The molecule has 0 aliphatic heterocycles.